The molecule has 2 aliphatic heterocycles. The molecule has 2 fully saturated rings. The lowest BCUT2D eigenvalue weighted by atomic mass is 9.76. The topological polar surface area (TPSA) is 66.9 Å². The van der Waals surface area contributed by atoms with Gasteiger partial charge in [-0.05, 0) is 44.5 Å². The minimum absolute atomic E-state index is 0.0988. The van der Waals surface area contributed by atoms with E-state index < -0.39 is 15.4 Å². The van der Waals surface area contributed by atoms with Crippen LogP contribution in [0, 0.1) is 5.41 Å². The van der Waals surface area contributed by atoms with E-state index in [-0.39, 0.29) is 12.1 Å². The van der Waals surface area contributed by atoms with Crippen LogP contribution in [0.5, 0.6) is 0 Å². The Labute approximate surface area is 163 Å². The Morgan fingerprint density at radius 3 is 2.63 bits per heavy atom. The molecule has 4 rings (SSSR count). The van der Waals surface area contributed by atoms with Crippen molar-refractivity contribution in [1.29, 1.82) is 0 Å². The van der Waals surface area contributed by atoms with E-state index in [9.17, 15) is 13.2 Å². The molecule has 0 N–H and O–H groups in total. The van der Waals surface area contributed by atoms with Crippen molar-refractivity contribution in [2.45, 2.75) is 29.6 Å². The molecule has 3 heterocycles. The highest BCUT2D eigenvalue weighted by molar-refractivity contribution is 7.91. The third kappa shape index (κ3) is 3.40. The van der Waals surface area contributed by atoms with E-state index in [1.54, 1.807) is 6.07 Å². The molecule has 8 heteroatoms. The number of esters is 1. The van der Waals surface area contributed by atoms with Gasteiger partial charge in [0.2, 0.25) is 0 Å². The molecule has 0 bridgehead atoms. The number of cyclic esters (lactones) is 1. The van der Waals surface area contributed by atoms with Crippen LogP contribution in [0.25, 0.3) is 10.1 Å². The highest BCUT2D eigenvalue weighted by atomic mass is 32.2. The van der Waals surface area contributed by atoms with E-state index in [0.717, 1.165) is 10.1 Å². The van der Waals surface area contributed by atoms with E-state index in [2.05, 4.69) is 0 Å². The monoisotopic (exact) mass is 408 g/mol. The number of hydrogen-bond acceptors (Lipinski definition) is 6. The van der Waals surface area contributed by atoms with Crippen molar-refractivity contribution in [1.82, 2.24) is 9.21 Å². The summed E-state index contributed by atoms with van der Waals surface area (Å²) in [4.78, 5) is 14.5. The molecule has 1 atom stereocenters. The lowest BCUT2D eigenvalue weighted by Crippen LogP contribution is -2.44. The average molecular weight is 409 g/mol. The summed E-state index contributed by atoms with van der Waals surface area (Å²) < 4.78 is 34.6. The van der Waals surface area contributed by atoms with Gasteiger partial charge in [-0.3, -0.25) is 4.79 Å². The smallest absolute Gasteiger partial charge is 0.312 e. The Hall–Kier alpha value is -1.48. The van der Waals surface area contributed by atoms with E-state index in [4.69, 9.17) is 4.74 Å². The van der Waals surface area contributed by atoms with Gasteiger partial charge in [0.05, 0.1) is 5.41 Å². The molecule has 2 aliphatic rings. The van der Waals surface area contributed by atoms with E-state index in [0.29, 0.717) is 43.1 Å². The van der Waals surface area contributed by atoms with Crippen LogP contribution in [-0.4, -0.2) is 63.4 Å². The predicted octanol–water partition coefficient (Wildman–Crippen LogP) is 2.55. The number of sulfonamides is 1. The van der Waals surface area contributed by atoms with Crippen molar-refractivity contribution in [2.75, 3.05) is 33.7 Å². The van der Waals surface area contributed by atoms with Crippen molar-refractivity contribution in [3.8, 4) is 0 Å². The molecule has 0 amide bonds. The second kappa shape index (κ2) is 6.84. The first kappa shape index (κ1) is 18.9. The highest BCUT2D eigenvalue weighted by Crippen LogP contribution is 2.44. The first-order valence-corrected chi connectivity index (χ1v) is 11.4. The largest absolute Gasteiger partial charge is 0.461 e. The molecule has 2 saturated heterocycles. The first-order chi connectivity index (χ1) is 12.8. The maximum atomic E-state index is 13.1. The number of carbonyl (C=O) groups is 1. The molecule has 0 saturated carbocycles. The number of hydrogen-bond donors (Lipinski definition) is 0. The van der Waals surface area contributed by atoms with E-state index >= 15 is 0 Å². The lowest BCUT2D eigenvalue weighted by Gasteiger charge is -2.35. The SMILES string of the molecule is CN(C)CC1CC2(CCN(S(=O)(=O)c3cc4ccccc4s3)CC2)C(=O)O1. The van der Waals surface area contributed by atoms with Crippen LogP contribution in [0.3, 0.4) is 0 Å². The van der Waals surface area contributed by atoms with Gasteiger partial charge < -0.3 is 9.64 Å². The fraction of sp³-hybridized carbons (Fsp3) is 0.526. The van der Waals surface area contributed by atoms with E-state index in [1.807, 2.05) is 43.3 Å². The molecular weight excluding hydrogens is 384 g/mol. The maximum Gasteiger partial charge on any atom is 0.312 e. The normalized spacial score (nSPS) is 23.4. The van der Waals surface area contributed by atoms with E-state index in [1.165, 1.54) is 15.6 Å². The van der Waals surface area contributed by atoms with Crippen LogP contribution < -0.4 is 0 Å². The van der Waals surface area contributed by atoms with Crippen molar-refractivity contribution in [3.05, 3.63) is 30.3 Å². The van der Waals surface area contributed by atoms with Gasteiger partial charge in [-0.25, -0.2) is 8.42 Å². The molecule has 1 spiro atoms. The molecule has 27 heavy (non-hydrogen) atoms. The summed E-state index contributed by atoms with van der Waals surface area (Å²) >= 11 is 1.30. The molecule has 2 aromatic rings. The number of fused-ring (bicyclic) bond motifs is 1. The van der Waals surface area contributed by atoms with Gasteiger partial charge in [-0.1, -0.05) is 18.2 Å². The third-order valence-corrected chi connectivity index (χ3v) is 9.03. The second-order valence-corrected chi connectivity index (χ2v) is 11.0. The van der Waals surface area contributed by atoms with Crippen molar-refractivity contribution < 1.29 is 17.9 Å². The average Bonchev–Trinajstić information content (AvgIpc) is 3.17. The van der Waals surface area contributed by atoms with Crippen molar-refractivity contribution in [2.24, 2.45) is 5.41 Å². The molecule has 0 aliphatic carbocycles. The zero-order chi connectivity index (χ0) is 19.2. The summed E-state index contributed by atoms with van der Waals surface area (Å²) in [7, 11) is 0.386. The van der Waals surface area contributed by atoms with Gasteiger partial charge in [0.1, 0.15) is 10.3 Å². The lowest BCUT2D eigenvalue weighted by molar-refractivity contribution is -0.150. The van der Waals surface area contributed by atoms with Gasteiger partial charge in [0, 0.05) is 30.8 Å². The number of benzene rings is 1. The molecular formula is C19H24N2O4S2. The number of rotatable bonds is 4. The van der Waals surface area contributed by atoms with Crippen molar-refractivity contribution in [3.63, 3.8) is 0 Å². The minimum Gasteiger partial charge on any atom is -0.461 e. The Bertz CT molecular complexity index is 926. The highest BCUT2D eigenvalue weighted by Gasteiger charge is 2.51. The van der Waals surface area contributed by atoms with Gasteiger partial charge in [-0.2, -0.15) is 4.31 Å². The van der Waals surface area contributed by atoms with Crippen LogP contribution in [-0.2, 0) is 19.6 Å². The van der Waals surface area contributed by atoms with Gasteiger partial charge in [0.25, 0.3) is 10.0 Å². The number of carbonyl (C=O) groups excluding carboxylic acids is 1. The number of piperidine rings is 1. The Morgan fingerprint density at radius 2 is 1.96 bits per heavy atom. The quantitative estimate of drug-likeness (QED) is 0.728. The van der Waals surface area contributed by atoms with Gasteiger partial charge in [-0.15, -0.1) is 11.3 Å². The fourth-order valence-corrected chi connectivity index (χ4v) is 7.12. The number of ether oxygens (including phenoxy) is 1. The van der Waals surface area contributed by atoms with Crippen LogP contribution in [0.1, 0.15) is 19.3 Å². The standard InChI is InChI=1S/C19H24N2O4S2/c1-20(2)13-15-12-19(18(22)25-15)7-9-21(10-8-19)27(23,24)17-11-14-5-3-4-6-16(14)26-17/h3-6,11,15H,7-10,12-13H2,1-2H3. The van der Waals surface area contributed by atoms with Crippen LogP contribution in [0.15, 0.2) is 34.5 Å². The number of likely N-dealkylation sites (N-methyl/N-ethyl adjacent to an activating group) is 1. The molecule has 1 aromatic heterocycles. The minimum atomic E-state index is -3.53. The predicted molar refractivity (Wildman–Crippen MR) is 105 cm³/mol. The number of nitrogens with zero attached hydrogens (tertiary/aromatic N) is 2. The Kier molecular flexibility index (Phi) is 4.78. The number of thiophene rings is 1. The molecule has 1 aromatic carbocycles. The summed E-state index contributed by atoms with van der Waals surface area (Å²) in [6.07, 6.45) is 1.64. The maximum absolute atomic E-state index is 13.1. The summed E-state index contributed by atoms with van der Waals surface area (Å²) in [5, 5.41) is 0.945. The first-order valence-electron chi connectivity index (χ1n) is 9.15. The molecule has 6 nitrogen and oxygen atoms in total. The second-order valence-electron chi connectivity index (χ2n) is 7.78. The molecule has 1 unspecified atom stereocenters. The Balaban J connectivity index is 1.49. The van der Waals surface area contributed by atoms with Gasteiger partial charge in [0.15, 0.2) is 0 Å². The summed E-state index contributed by atoms with van der Waals surface area (Å²) in [5.74, 6) is -0.159. The van der Waals surface area contributed by atoms with Crippen LogP contribution in [0.4, 0.5) is 0 Å². The zero-order valence-electron chi connectivity index (χ0n) is 15.6. The van der Waals surface area contributed by atoms with Crippen molar-refractivity contribution >= 4 is 37.4 Å². The summed E-state index contributed by atoms with van der Waals surface area (Å²) in [6, 6.07) is 9.43. The summed E-state index contributed by atoms with van der Waals surface area (Å²) in [5.41, 5.74) is -0.521. The van der Waals surface area contributed by atoms with Crippen LogP contribution >= 0.6 is 11.3 Å². The summed E-state index contributed by atoms with van der Waals surface area (Å²) in [6.45, 7) is 1.43. The Morgan fingerprint density at radius 1 is 1.26 bits per heavy atom. The fourth-order valence-electron chi connectivity index (χ4n) is 4.12. The molecule has 0 radical (unpaired) electrons. The zero-order valence-corrected chi connectivity index (χ0v) is 17.2. The van der Waals surface area contributed by atoms with Crippen LogP contribution in [0.2, 0.25) is 0 Å². The third-order valence-electron chi connectivity index (χ3n) is 5.57. The van der Waals surface area contributed by atoms with Gasteiger partial charge >= 0.3 is 5.97 Å². The molecule has 146 valence electrons.